The standard InChI is InChI=1S/C21H21N5O/c1-13-5-7-24-21(23)20(13)16-4-2-3-15-10-19(25-11-17(15)16)26-8-6-14(12-26)9-18(22)27/h2-5,7,9-11H,6,8,12H2,1H3,(H2,22,27)(H2,23,24)/b14-9-. The maximum atomic E-state index is 11.1. The van der Waals surface area contributed by atoms with E-state index in [2.05, 4.69) is 27.0 Å². The number of benzene rings is 1. The van der Waals surface area contributed by atoms with Crippen LogP contribution in [-0.4, -0.2) is 29.0 Å². The molecule has 1 amide bonds. The molecule has 0 spiro atoms. The van der Waals surface area contributed by atoms with Crippen molar-refractivity contribution in [2.75, 3.05) is 23.7 Å². The number of carbonyl (C=O) groups is 1. The maximum absolute atomic E-state index is 11.1. The zero-order chi connectivity index (χ0) is 19.0. The number of nitrogen functional groups attached to an aromatic ring is 1. The zero-order valence-corrected chi connectivity index (χ0v) is 15.1. The zero-order valence-electron chi connectivity index (χ0n) is 15.1. The Bertz CT molecular complexity index is 1050. The van der Waals surface area contributed by atoms with Gasteiger partial charge in [0.2, 0.25) is 5.91 Å². The summed E-state index contributed by atoms with van der Waals surface area (Å²) < 4.78 is 0. The number of nitrogens with two attached hydrogens (primary N) is 2. The summed E-state index contributed by atoms with van der Waals surface area (Å²) in [5, 5.41) is 2.13. The number of nitrogens with zero attached hydrogens (tertiary/aromatic N) is 3. The molecule has 2 aromatic heterocycles. The summed E-state index contributed by atoms with van der Waals surface area (Å²) in [5.74, 6) is 1.02. The first kappa shape index (κ1) is 17.0. The molecule has 6 heteroatoms. The molecule has 1 aliphatic heterocycles. The van der Waals surface area contributed by atoms with Gasteiger partial charge >= 0.3 is 0 Å². The van der Waals surface area contributed by atoms with E-state index in [4.69, 9.17) is 11.5 Å². The number of pyridine rings is 2. The van der Waals surface area contributed by atoms with Gasteiger partial charge in [0.05, 0.1) is 0 Å². The summed E-state index contributed by atoms with van der Waals surface area (Å²) >= 11 is 0. The Morgan fingerprint density at radius 3 is 2.89 bits per heavy atom. The van der Waals surface area contributed by atoms with Crippen LogP contribution in [0.25, 0.3) is 21.9 Å². The van der Waals surface area contributed by atoms with E-state index in [1.165, 1.54) is 6.08 Å². The van der Waals surface area contributed by atoms with Crippen molar-refractivity contribution in [1.29, 1.82) is 0 Å². The Morgan fingerprint density at radius 1 is 1.26 bits per heavy atom. The molecule has 4 rings (SSSR count). The molecule has 0 aliphatic carbocycles. The van der Waals surface area contributed by atoms with Gasteiger partial charge in [-0.15, -0.1) is 0 Å². The smallest absolute Gasteiger partial charge is 0.241 e. The summed E-state index contributed by atoms with van der Waals surface area (Å²) in [6.07, 6.45) is 5.96. The maximum Gasteiger partial charge on any atom is 0.241 e. The summed E-state index contributed by atoms with van der Waals surface area (Å²) in [6, 6.07) is 10.2. The second kappa shape index (κ2) is 6.72. The van der Waals surface area contributed by atoms with Gasteiger partial charge in [0.15, 0.2) is 0 Å². The van der Waals surface area contributed by atoms with Gasteiger partial charge in [0, 0.05) is 42.5 Å². The van der Waals surface area contributed by atoms with Gasteiger partial charge in [0.25, 0.3) is 0 Å². The molecule has 0 atom stereocenters. The van der Waals surface area contributed by atoms with Crippen LogP contribution in [0, 0.1) is 6.92 Å². The van der Waals surface area contributed by atoms with Gasteiger partial charge in [-0.2, -0.15) is 0 Å². The topological polar surface area (TPSA) is 98.1 Å². The van der Waals surface area contributed by atoms with Crippen molar-refractivity contribution in [3.05, 3.63) is 59.9 Å². The Morgan fingerprint density at radius 2 is 2.11 bits per heavy atom. The lowest BCUT2D eigenvalue weighted by Crippen LogP contribution is -2.19. The molecule has 136 valence electrons. The molecular weight excluding hydrogens is 338 g/mol. The minimum Gasteiger partial charge on any atom is -0.383 e. The fourth-order valence-corrected chi connectivity index (χ4v) is 3.68. The average molecular weight is 359 g/mol. The van der Waals surface area contributed by atoms with E-state index in [0.717, 1.165) is 51.8 Å². The molecular formula is C21H21N5O. The first-order valence-corrected chi connectivity index (χ1v) is 8.87. The van der Waals surface area contributed by atoms with E-state index in [0.29, 0.717) is 12.4 Å². The lowest BCUT2D eigenvalue weighted by molar-refractivity contribution is -0.113. The number of amides is 1. The van der Waals surface area contributed by atoms with Crippen LogP contribution in [0.1, 0.15) is 12.0 Å². The van der Waals surface area contributed by atoms with E-state index in [1.54, 1.807) is 6.20 Å². The quantitative estimate of drug-likeness (QED) is 0.701. The summed E-state index contributed by atoms with van der Waals surface area (Å²) in [6.45, 7) is 3.53. The molecule has 4 N–H and O–H groups in total. The predicted octanol–water partition coefficient (Wildman–Crippen LogP) is 2.81. The number of primary amides is 1. The highest BCUT2D eigenvalue weighted by molar-refractivity contribution is 6.00. The predicted molar refractivity (Wildman–Crippen MR) is 108 cm³/mol. The van der Waals surface area contributed by atoms with Crippen LogP contribution < -0.4 is 16.4 Å². The lowest BCUT2D eigenvalue weighted by atomic mass is 9.97. The van der Waals surface area contributed by atoms with Gasteiger partial charge in [-0.3, -0.25) is 4.79 Å². The molecule has 3 heterocycles. The molecule has 1 fully saturated rings. The van der Waals surface area contributed by atoms with E-state index in [9.17, 15) is 4.79 Å². The Balaban J connectivity index is 1.74. The fourth-order valence-electron chi connectivity index (χ4n) is 3.68. The largest absolute Gasteiger partial charge is 0.383 e. The third kappa shape index (κ3) is 3.21. The Kier molecular flexibility index (Phi) is 4.24. The third-order valence-electron chi connectivity index (χ3n) is 4.98. The van der Waals surface area contributed by atoms with Crippen LogP contribution in [0.2, 0.25) is 0 Å². The van der Waals surface area contributed by atoms with Gasteiger partial charge in [-0.1, -0.05) is 18.2 Å². The highest BCUT2D eigenvalue weighted by Crippen LogP contribution is 2.35. The van der Waals surface area contributed by atoms with Crippen LogP contribution in [-0.2, 0) is 4.79 Å². The first-order valence-electron chi connectivity index (χ1n) is 8.87. The average Bonchev–Trinajstić information content (AvgIpc) is 3.09. The summed E-state index contributed by atoms with van der Waals surface area (Å²) in [4.78, 5) is 22.2. The summed E-state index contributed by atoms with van der Waals surface area (Å²) in [7, 11) is 0. The SMILES string of the molecule is Cc1ccnc(N)c1-c1cccc2cc(N3CC/C(=C/C(N)=O)C3)ncc12. The highest BCUT2D eigenvalue weighted by atomic mass is 16.1. The van der Waals surface area contributed by atoms with Crippen LogP contribution >= 0.6 is 0 Å². The highest BCUT2D eigenvalue weighted by Gasteiger charge is 2.19. The monoisotopic (exact) mass is 359 g/mol. The molecule has 0 saturated carbocycles. The molecule has 0 radical (unpaired) electrons. The van der Waals surface area contributed by atoms with Crippen LogP contribution in [0.4, 0.5) is 11.6 Å². The minimum absolute atomic E-state index is 0.396. The number of aryl methyl sites for hydroxylation is 1. The van der Waals surface area contributed by atoms with Crippen molar-refractivity contribution in [1.82, 2.24) is 9.97 Å². The lowest BCUT2D eigenvalue weighted by Gasteiger charge is -2.17. The fraction of sp³-hybridized carbons (Fsp3) is 0.190. The van der Waals surface area contributed by atoms with E-state index < -0.39 is 5.91 Å². The first-order chi connectivity index (χ1) is 13.0. The van der Waals surface area contributed by atoms with Crippen molar-refractivity contribution >= 4 is 28.3 Å². The third-order valence-corrected chi connectivity index (χ3v) is 4.98. The second-order valence-corrected chi connectivity index (χ2v) is 6.83. The van der Waals surface area contributed by atoms with Crippen molar-refractivity contribution in [2.45, 2.75) is 13.3 Å². The Labute approximate surface area is 157 Å². The molecule has 0 unspecified atom stereocenters. The molecule has 0 bridgehead atoms. The number of hydrogen-bond donors (Lipinski definition) is 2. The van der Waals surface area contributed by atoms with Crippen molar-refractivity contribution < 1.29 is 4.79 Å². The minimum atomic E-state index is -0.396. The molecule has 1 aromatic carbocycles. The second-order valence-electron chi connectivity index (χ2n) is 6.83. The number of aromatic nitrogens is 2. The van der Waals surface area contributed by atoms with Crippen LogP contribution in [0.15, 0.2) is 54.4 Å². The van der Waals surface area contributed by atoms with E-state index >= 15 is 0 Å². The van der Waals surface area contributed by atoms with Crippen LogP contribution in [0.3, 0.4) is 0 Å². The number of hydrogen-bond acceptors (Lipinski definition) is 5. The number of fused-ring (bicyclic) bond motifs is 1. The molecule has 1 aliphatic rings. The van der Waals surface area contributed by atoms with E-state index in [1.807, 2.05) is 31.3 Å². The van der Waals surface area contributed by atoms with Crippen molar-refractivity contribution in [3.63, 3.8) is 0 Å². The molecule has 3 aromatic rings. The van der Waals surface area contributed by atoms with E-state index in [-0.39, 0.29) is 0 Å². The molecule has 6 nitrogen and oxygen atoms in total. The van der Waals surface area contributed by atoms with Crippen molar-refractivity contribution in [3.8, 4) is 11.1 Å². The normalized spacial score (nSPS) is 15.6. The van der Waals surface area contributed by atoms with Gasteiger partial charge in [-0.05, 0) is 47.6 Å². The van der Waals surface area contributed by atoms with Gasteiger partial charge in [0.1, 0.15) is 11.6 Å². The van der Waals surface area contributed by atoms with Gasteiger partial charge < -0.3 is 16.4 Å². The number of carbonyl (C=O) groups excluding carboxylic acids is 1. The molecule has 1 saturated heterocycles. The van der Waals surface area contributed by atoms with Gasteiger partial charge in [-0.25, -0.2) is 9.97 Å². The van der Waals surface area contributed by atoms with Crippen LogP contribution in [0.5, 0.6) is 0 Å². The molecule has 27 heavy (non-hydrogen) atoms. The van der Waals surface area contributed by atoms with Crippen molar-refractivity contribution in [2.24, 2.45) is 5.73 Å². The number of rotatable bonds is 3. The Hall–Kier alpha value is -3.41. The number of anilines is 2. The summed E-state index contributed by atoms with van der Waals surface area (Å²) in [5.41, 5.74) is 15.5.